The highest BCUT2D eigenvalue weighted by atomic mass is 35.5. The minimum Gasteiger partial charge on any atom is -0.316 e. The summed E-state index contributed by atoms with van der Waals surface area (Å²) >= 11 is 6.33. The Labute approximate surface area is 122 Å². The summed E-state index contributed by atoms with van der Waals surface area (Å²) in [6.07, 6.45) is 6.53. The van der Waals surface area contributed by atoms with Crippen LogP contribution in [-0.2, 0) is 6.42 Å². The van der Waals surface area contributed by atoms with E-state index in [-0.39, 0.29) is 0 Å². The van der Waals surface area contributed by atoms with Gasteiger partial charge in [-0.25, -0.2) is 0 Å². The van der Waals surface area contributed by atoms with Gasteiger partial charge in [-0.2, -0.15) is 0 Å². The van der Waals surface area contributed by atoms with E-state index in [4.69, 9.17) is 11.6 Å². The highest BCUT2D eigenvalue weighted by Gasteiger charge is 2.34. The van der Waals surface area contributed by atoms with Gasteiger partial charge in [0, 0.05) is 11.6 Å². The molecule has 1 N–H and O–H groups in total. The molecular weight excluding hydrogens is 254 g/mol. The SMILES string of the molecule is CC(C)CNCC1(Cc2ccccc2Cl)CCCC1. The van der Waals surface area contributed by atoms with Crippen molar-refractivity contribution in [2.45, 2.75) is 46.0 Å². The van der Waals surface area contributed by atoms with Crippen LogP contribution < -0.4 is 5.32 Å². The van der Waals surface area contributed by atoms with E-state index in [1.165, 1.54) is 31.2 Å². The molecule has 19 heavy (non-hydrogen) atoms. The van der Waals surface area contributed by atoms with Gasteiger partial charge in [0.1, 0.15) is 0 Å². The molecule has 1 aliphatic rings. The molecule has 0 spiro atoms. The van der Waals surface area contributed by atoms with Crippen molar-refractivity contribution < 1.29 is 0 Å². The summed E-state index contributed by atoms with van der Waals surface area (Å²) < 4.78 is 0. The molecule has 0 amide bonds. The summed E-state index contributed by atoms with van der Waals surface area (Å²) in [5, 5.41) is 4.59. The molecule has 2 rings (SSSR count). The Hall–Kier alpha value is -0.530. The molecule has 106 valence electrons. The normalized spacial score (nSPS) is 18.1. The van der Waals surface area contributed by atoms with Crippen molar-refractivity contribution >= 4 is 11.6 Å². The predicted octanol–water partition coefficient (Wildman–Crippen LogP) is 4.69. The number of nitrogens with one attached hydrogen (secondary N) is 1. The minimum absolute atomic E-state index is 0.430. The van der Waals surface area contributed by atoms with Crippen molar-refractivity contribution in [3.8, 4) is 0 Å². The Morgan fingerprint density at radius 2 is 1.89 bits per heavy atom. The fraction of sp³-hybridized carbons (Fsp3) is 0.647. The first-order valence-corrected chi connectivity index (χ1v) is 7.93. The number of halogens is 1. The summed E-state index contributed by atoms with van der Waals surface area (Å²) in [7, 11) is 0. The zero-order valence-corrected chi connectivity index (χ0v) is 13.0. The van der Waals surface area contributed by atoms with Crippen molar-refractivity contribution in [2.24, 2.45) is 11.3 Å². The van der Waals surface area contributed by atoms with Crippen LogP contribution in [0, 0.1) is 11.3 Å². The van der Waals surface area contributed by atoms with Crippen LogP contribution in [0.5, 0.6) is 0 Å². The Bertz CT molecular complexity index is 394. The standard InChI is InChI=1S/C17H26ClN/c1-14(2)12-19-13-17(9-5-6-10-17)11-15-7-3-4-8-16(15)18/h3-4,7-8,14,19H,5-6,9-13H2,1-2H3. The molecule has 2 heteroatoms. The molecule has 1 fully saturated rings. The smallest absolute Gasteiger partial charge is 0.0438 e. The Morgan fingerprint density at radius 1 is 1.21 bits per heavy atom. The van der Waals surface area contributed by atoms with Crippen LogP contribution >= 0.6 is 11.6 Å². The molecule has 0 heterocycles. The average Bonchev–Trinajstić information content (AvgIpc) is 2.81. The molecular formula is C17H26ClN. The molecule has 0 saturated heterocycles. The lowest BCUT2D eigenvalue weighted by Crippen LogP contribution is -2.35. The molecule has 1 aliphatic carbocycles. The number of hydrogen-bond donors (Lipinski definition) is 1. The van der Waals surface area contributed by atoms with Gasteiger partial charge in [-0.3, -0.25) is 0 Å². The number of benzene rings is 1. The van der Waals surface area contributed by atoms with E-state index >= 15 is 0 Å². The van der Waals surface area contributed by atoms with E-state index in [1.54, 1.807) is 0 Å². The second kappa shape index (κ2) is 6.76. The van der Waals surface area contributed by atoms with Gasteiger partial charge in [-0.05, 0) is 48.8 Å². The zero-order chi connectivity index (χ0) is 13.7. The Balaban J connectivity index is 2.01. The van der Waals surface area contributed by atoms with E-state index < -0.39 is 0 Å². The molecule has 0 unspecified atom stereocenters. The fourth-order valence-electron chi connectivity index (χ4n) is 3.21. The third kappa shape index (κ3) is 4.22. The van der Waals surface area contributed by atoms with Gasteiger partial charge >= 0.3 is 0 Å². The molecule has 0 aliphatic heterocycles. The summed E-state index contributed by atoms with van der Waals surface area (Å²) in [4.78, 5) is 0. The first-order valence-electron chi connectivity index (χ1n) is 7.55. The highest BCUT2D eigenvalue weighted by molar-refractivity contribution is 6.31. The predicted molar refractivity (Wildman–Crippen MR) is 83.8 cm³/mol. The highest BCUT2D eigenvalue weighted by Crippen LogP contribution is 2.41. The van der Waals surface area contributed by atoms with Gasteiger partial charge in [0.2, 0.25) is 0 Å². The first-order chi connectivity index (χ1) is 9.11. The molecule has 1 aromatic rings. The second-order valence-corrected chi connectivity index (χ2v) is 6.91. The van der Waals surface area contributed by atoms with Crippen molar-refractivity contribution in [3.05, 3.63) is 34.9 Å². The van der Waals surface area contributed by atoms with Gasteiger partial charge in [0.25, 0.3) is 0 Å². The van der Waals surface area contributed by atoms with Crippen LogP contribution in [0.3, 0.4) is 0 Å². The lowest BCUT2D eigenvalue weighted by Gasteiger charge is -2.30. The van der Waals surface area contributed by atoms with Gasteiger partial charge < -0.3 is 5.32 Å². The molecule has 0 atom stereocenters. The largest absolute Gasteiger partial charge is 0.316 e. The summed E-state index contributed by atoms with van der Waals surface area (Å²) in [6.45, 7) is 6.78. The average molecular weight is 280 g/mol. The van der Waals surface area contributed by atoms with Gasteiger partial charge in [-0.15, -0.1) is 0 Å². The number of hydrogen-bond acceptors (Lipinski definition) is 1. The van der Waals surface area contributed by atoms with E-state index in [9.17, 15) is 0 Å². The lowest BCUT2D eigenvalue weighted by molar-refractivity contribution is 0.273. The molecule has 0 radical (unpaired) electrons. The summed E-state index contributed by atoms with van der Waals surface area (Å²) in [5.41, 5.74) is 1.75. The Morgan fingerprint density at radius 3 is 2.53 bits per heavy atom. The van der Waals surface area contributed by atoms with Gasteiger partial charge in [0.05, 0.1) is 0 Å². The first kappa shape index (κ1) is 14.9. The van der Waals surface area contributed by atoms with Gasteiger partial charge in [-0.1, -0.05) is 56.5 Å². The van der Waals surface area contributed by atoms with Crippen LogP contribution in [0.25, 0.3) is 0 Å². The number of rotatable bonds is 6. The summed E-state index contributed by atoms with van der Waals surface area (Å²) in [5.74, 6) is 0.721. The van der Waals surface area contributed by atoms with Crippen LogP contribution in [0.15, 0.2) is 24.3 Å². The fourth-order valence-corrected chi connectivity index (χ4v) is 3.42. The van der Waals surface area contributed by atoms with Crippen molar-refractivity contribution in [1.82, 2.24) is 5.32 Å². The maximum absolute atomic E-state index is 6.33. The molecule has 1 nitrogen and oxygen atoms in total. The minimum atomic E-state index is 0.430. The molecule has 0 aromatic heterocycles. The lowest BCUT2D eigenvalue weighted by atomic mass is 9.80. The molecule has 1 saturated carbocycles. The second-order valence-electron chi connectivity index (χ2n) is 6.50. The summed E-state index contributed by atoms with van der Waals surface area (Å²) in [6, 6.07) is 8.32. The van der Waals surface area contributed by atoms with Crippen molar-refractivity contribution in [3.63, 3.8) is 0 Å². The van der Waals surface area contributed by atoms with Crippen molar-refractivity contribution in [2.75, 3.05) is 13.1 Å². The zero-order valence-electron chi connectivity index (χ0n) is 12.2. The maximum atomic E-state index is 6.33. The quantitative estimate of drug-likeness (QED) is 0.797. The molecule has 1 aromatic carbocycles. The Kier molecular flexibility index (Phi) is 5.29. The van der Waals surface area contributed by atoms with Crippen LogP contribution in [0.4, 0.5) is 0 Å². The third-order valence-corrected chi connectivity index (χ3v) is 4.61. The topological polar surface area (TPSA) is 12.0 Å². The maximum Gasteiger partial charge on any atom is 0.0438 e. The van der Waals surface area contributed by atoms with Gasteiger partial charge in [0.15, 0.2) is 0 Å². The molecule has 0 bridgehead atoms. The van der Waals surface area contributed by atoms with Crippen LogP contribution in [0.1, 0.15) is 45.1 Å². The van der Waals surface area contributed by atoms with E-state index in [0.717, 1.165) is 30.5 Å². The van der Waals surface area contributed by atoms with E-state index in [2.05, 4.69) is 31.3 Å². The van der Waals surface area contributed by atoms with Crippen LogP contribution in [0.2, 0.25) is 5.02 Å². The van der Waals surface area contributed by atoms with E-state index in [1.807, 2.05) is 12.1 Å². The van der Waals surface area contributed by atoms with Crippen molar-refractivity contribution in [1.29, 1.82) is 0 Å². The monoisotopic (exact) mass is 279 g/mol. The third-order valence-electron chi connectivity index (χ3n) is 4.24. The van der Waals surface area contributed by atoms with E-state index in [0.29, 0.717) is 5.41 Å². The van der Waals surface area contributed by atoms with Crippen LogP contribution in [-0.4, -0.2) is 13.1 Å².